The molecule has 5 heteroatoms. The Balaban J connectivity index is 2.63. The van der Waals surface area contributed by atoms with Gasteiger partial charge in [-0.05, 0) is 17.5 Å². The van der Waals surface area contributed by atoms with Crippen molar-refractivity contribution < 1.29 is 14.7 Å². The van der Waals surface area contributed by atoms with E-state index in [9.17, 15) is 14.7 Å². The van der Waals surface area contributed by atoms with Crippen molar-refractivity contribution in [3.8, 4) is 0 Å². The van der Waals surface area contributed by atoms with Gasteiger partial charge in [-0.15, -0.1) is 0 Å². The number of halogens is 1. The first-order valence-electron chi connectivity index (χ1n) is 5.29. The van der Waals surface area contributed by atoms with Crippen LogP contribution in [0.4, 0.5) is 0 Å². The fraction of sp³-hybridized carbons (Fsp3) is 0.333. The van der Waals surface area contributed by atoms with Gasteiger partial charge in [0.25, 0.3) is 0 Å². The van der Waals surface area contributed by atoms with Gasteiger partial charge < -0.3 is 5.11 Å². The molecule has 90 valence electrons. The van der Waals surface area contributed by atoms with E-state index in [0.717, 1.165) is 12.0 Å². The van der Waals surface area contributed by atoms with Crippen LogP contribution in [-0.2, 0) is 21.5 Å². The van der Waals surface area contributed by atoms with Gasteiger partial charge in [-0.2, -0.15) is 0 Å². The third-order valence-electron chi connectivity index (χ3n) is 3.07. The number of hydrogen-bond acceptors (Lipinski definition) is 3. The second-order valence-electron chi connectivity index (χ2n) is 3.95. The number of carbonyl (C=O) groups excluding carboxylic acids is 1. The monoisotopic (exact) mass is 297 g/mol. The lowest BCUT2D eigenvalue weighted by Crippen LogP contribution is -2.58. The standard InChI is InChI=1S/C12H12BrNO3/c13-7-10(15)12(11(16)17)9-4-2-1-3-8(9)5-6-14-12/h1-4,14H,5-7H2,(H,16,17). The summed E-state index contributed by atoms with van der Waals surface area (Å²) in [6, 6.07) is 7.19. The minimum Gasteiger partial charge on any atom is -0.479 e. The predicted octanol–water partition coefficient (Wildman–Crippen LogP) is 1.08. The molecule has 0 saturated carbocycles. The third-order valence-corrected chi connectivity index (χ3v) is 3.58. The number of rotatable bonds is 3. The van der Waals surface area contributed by atoms with Crippen LogP contribution in [0, 0.1) is 0 Å². The van der Waals surface area contributed by atoms with E-state index in [2.05, 4.69) is 21.2 Å². The minimum atomic E-state index is -1.60. The maximum atomic E-state index is 12.0. The molecule has 1 heterocycles. The van der Waals surface area contributed by atoms with Crippen molar-refractivity contribution >= 4 is 27.7 Å². The molecule has 0 bridgehead atoms. The molecule has 1 aliphatic rings. The van der Waals surface area contributed by atoms with Crippen LogP contribution in [-0.4, -0.2) is 28.7 Å². The van der Waals surface area contributed by atoms with Gasteiger partial charge in [0.05, 0.1) is 5.33 Å². The zero-order chi connectivity index (χ0) is 12.5. The number of Topliss-reactive ketones (excluding diaryl/α,β-unsaturated/α-hetero) is 1. The molecule has 0 amide bonds. The van der Waals surface area contributed by atoms with Crippen LogP contribution in [0.1, 0.15) is 11.1 Å². The highest BCUT2D eigenvalue weighted by atomic mass is 79.9. The summed E-state index contributed by atoms with van der Waals surface area (Å²) in [6.07, 6.45) is 0.737. The molecule has 1 unspecified atom stereocenters. The highest BCUT2D eigenvalue weighted by Crippen LogP contribution is 2.30. The molecule has 1 aromatic rings. The van der Waals surface area contributed by atoms with Gasteiger partial charge >= 0.3 is 5.97 Å². The molecule has 0 saturated heterocycles. The van der Waals surface area contributed by atoms with E-state index in [1.54, 1.807) is 12.1 Å². The largest absolute Gasteiger partial charge is 0.479 e. The zero-order valence-corrected chi connectivity index (χ0v) is 10.7. The second-order valence-corrected chi connectivity index (χ2v) is 4.51. The Morgan fingerprint density at radius 2 is 2.12 bits per heavy atom. The molecule has 17 heavy (non-hydrogen) atoms. The Morgan fingerprint density at radius 3 is 2.76 bits per heavy atom. The second kappa shape index (κ2) is 4.58. The lowest BCUT2D eigenvalue weighted by molar-refractivity contribution is -0.150. The average molecular weight is 298 g/mol. The van der Waals surface area contributed by atoms with Crippen molar-refractivity contribution in [2.24, 2.45) is 0 Å². The van der Waals surface area contributed by atoms with Crippen LogP contribution in [0.2, 0.25) is 0 Å². The van der Waals surface area contributed by atoms with Crippen molar-refractivity contribution in [3.63, 3.8) is 0 Å². The number of ketones is 1. The number of nitrogens with one attached hydrogen (secondary N) is 1. The zero-order valence-electron chi connectivity index (χ0n) is 9.07. The van der Waals surface area contributed by atoms with E-state index >= 15 is 0 Å². The summed E-state index contributed by atoms with van der Waals surface area (Å²) in [5.74, 6) is -1.52. The molecule has 2 rings (SSSR count). The van der Waals surface area contributed by atoms with Crippen molar-refractivity contribution in [2.45, 2.75) is 12.0 Å². The predicted molar refractivity (Wildman–Crippen MR) is 66.3 cm³/mol. The first-order valence-corrected chi connectivity index (χ1v) is 6.41. The summed E-state index contributed by atoms with van der Waals surface area (Å²) < 4.78 is 0. The summed E-state index contributed by atoms with van der Waals surface area (Å²) in [6.45, 7) is 0.488. The summed E-state index contributed by atoms with van der Waals surface area (Å²) in [7, 11) is 0. The van der Waals surface area contributed by atoms with Gasteiger partial charge in [-0.25, -0.2) is 4.79 Å². The first kappa shape index (κ1) is 12.3. The molecule has 0 aliphatic carbocycles. The van der Waals surface area contributed by atoms with Crippen molar-refractivity contribution in [1.82, 2.24) is 5.32 Å². The van der Waals surface area contributed by atoms with Gasteiger partial charge in [0.2, 0.25) is 5.54 Å². The molecule has 4 nitrogen and oxygen atoms in total. The van der Waals surface area contributed by atoms with Gasteiger partial charge in [0.1, 0.15) is 0 Å². The molecule has 0 fully saturated rings. The maximum Gasteiger partial charge on any atom is 0.336 e. The van der Waals surface area contributed by atoms with E-state index in [0.29, 0.717) is 12.1 Å². The van der Waals surface area contributed by atoms with Crippen molar-refractivity contribution in [3.05, 3.63) is 35.4 Å². The van der Waals surface area contributed by atoms with Crippen molar-refractivity contribution in [1.29, 1.82) is 0 Å². The number of alkyl halides is 1. The van der Waals surface area contributed by atoms with Crippen LogP contribution in [0.5, 0.6) is 0 Å². The van der Waals surface area contributed by atoms with Gasteiger partial charge in [0.15, 0.2) is 5.78 Å². The highest BCUT2D eigenvalue weighted by Gasteiger charge is 2.49. The van der Waals surface area contributed by atoms with Crippen LogP contribution < -0.4 is 5.32 Å². The number of benzene rings is 1. The van der Waals surface area contributed by atoms with Gasteiger partial charge in [-0.3, -0.25) is 10.1 Å². The van der Waals surface area contributed by atoms with Gasteiger partial charge in [-0.1, -0.05) is 40.2 Å². The molecule has 0 spiro atoms. The molecule has 0 aromatic heterocycles. The third kappa shape index (κ3) is 1.79. The molecule has 1 atom stereocenters. The Bertz CT molecular complexity index is 475. The van der Waals surface area contributed by atoms with E-state index in [1.807, 2.05) is 12.1 Å². The normalized spacial score (nSPS) is 22.9. The Labute approximate surface area is 107 Å². The number of fused-ring (bicyclic) bond motifs is 1. The van der Waals surface area contributed by atoms with Crippen LogP contribution in [0.25, 0.3) is 0 Å². The lowest BCUT2D eigenvalue weighted by Gasteiger charge is -2.34. The fourth-order valence-electron chi connectivity index (χ4n) is 2.24. The van der Waals surface area contributed by atoms with Crippen LogP contribution in [0.15, 0.2) is 24.3 Å². The molecule has 1 aromatic carbocycles. The smallest absolute Gasteiger partial charge is 0.336 e. The number of hydrogen-bond donors (Lipinski definition) is 2. The summed E-state index contributed by atoms with van der Waals surface area (Å²) in [5.41, 5.74) is -0.121. The molecular weight excluding hydrogens is 286 g/mol. The Kier molecular flexibility index (Phi) is 3.31. The van der Waals surface area contributed by atoms with Gasteiger partial charge in [0, 0.05) is 6.54 Å². The summed E-state index contributed by atoms with van der Waals surface area (Å²) in [5, 5.41) is 12.3. The minimum absolute atomic E-state index is 0.0145. The highest BCUT2D eigenvalue weighted by molar-refractivity contribution is 9.09. The van der Waals surface area contributed by atoms with Crippen LogP contribution >= 0.6 is 15.9 Å². The average Bonchev–Trinajstić information content (AvgIpc) is 2.36. The van der Waals surface area contributed by atoms with Crippen LogP contribution in [0.3, 0.4) is 0 Å². The molecule has 2 N–H and O–H groups in total. The van der Waals surface area contributed by atoms with E-state index in [4.69, 9.17) is 0 Å². The van der Waals surface area contributed by atoms with Crippen molar-refractivity contribution in [2.75, 3.05) is 11.9 Å². The number of aliphatic carboxylic acids is 1. The van der Waals surface area contributed by atoms with E-state index in [-0.39, 0.29) is 11.1 Å². The molecule has 1 aliphatic heterocycles. The summed E-state index contributed by atoms with van der Waals surface area (Å²) >= 11 is 3.05. The number of carbonyl (C=O) groups is 2. The Morgan fingerprint density at radius 1 is 1.41 bits per heavy atom. The topological polar surface area (TPSA) is 66.4 Å². The maximum absolute atomic E-state index is 12.0. The lowest BCUT2D eigenvalue weighted by atomic mass is 9.80. The SMILES string of the molecule is O=C(O)C1(C(=O)CBr)NCCc2ccccc21. The van der Waals surface area contributed by atoms with E-state index < -0.39 is 11.5 Å². The fourth-order valence-corrected chi connectivity index (χ4v) is 2.66. The summed E-state index contributed by atoms with van der Waals surface area (Å²) in [4.78, 5) is 23.5. The van der Waals surface area contributed by atoms with E-state index in [1.165, 1.54) is 0 Å². The number of carboxylic acid groups (broad SMARTS) is 1. The molecular formula is C12H12BrNO3. The number of carboxylic acids is 1. The first-order chi connectivity index (χ1) is 8.13. The quantitative estimate of drug-likeness (QED) is 0.647. The Hall–Kier alpha value is -1.20. The molecule has 0 radical (unpaired) electrons.